The quantitative estimate of drug-likeness (QED) is 0.347. The van der Waals surface area contributed by atoms with Gasteiger partial charge in [0.2, 0.25) is 15.8 Å². The maximum Gasteiger partial charge on any atom is 0.330 e. The van der Waals surface area contributed by atoms with Crippen LogP contribution in [0, 0.1) is 0 Å². The molecule has 2 saturated heterocycles. The molecule has 32 heavy (non-hydrogen) atoms. The molecule has 0 bridgehead atoms. The number of thioether (sulfide) groups is 1. The summed E-state index contributed by atoms with van der Waals surface area (Å²) >= 11 is 18.3. The Labute approximate surface area is 204 Å². The minimum atomic E-state index is -1.77. The van der Waals surface area contributed by atoms with E-state index in [-0.39, 0.29) is 0 Å². The van der Waals surface area contributed by atoms with Gasteiger partial charge in [0.15, 0.2) is 0 Å². The third-order valence-electron chi connectivity index (χ3n) is 4.96. The molecule has 8 nitrogen and oxygen atoms in total. The third-order valence-corrected chi connectivity index (χ3v) is 6.86. The van der Waals surface area contributed by atoms with Gasteiger partial charge >= 0.3 is 11.9 Å². The zero-order valence-electron chi connectivity index (χ0n) is 17.3. The molecule has 1 aromatic rings. The zero-order valence-corrected chi connectivity index (χ0v) is 20.4. The Morgan fingerprint density at radius 2 is 1.84 bits per heavy atom. The van der Waals surface area contributed by atoms with Gasteiger partial charge in [0.05, 0.1) is 0 Å². The van der Waals surface area contributed by atoms with E-state index < -0.39 is 62.5 Å². The minimum Gasteiger partial charge on any atom is -0.460 e. The molecule has 3 rings (SSSR count). The van der Waals surface area contributed by atoms with Crippen molar-refractivity contribution in [2.45, 2.75) is 52.9 Å². The van der Waals surface area contributed by atoms with Gasteiger partial charge < -0.3 is 19.7 Å². The lowest BCUT2D eigenvalue weighted by molar-refractivity contribution is -0.165. The SMILES string of the molecule is CC(=O)OC(C(=O)NC1C(=O)N2C(C(=O)OCC(Cl)(Cl)Cl)C(C)(C)S[C@H]12)c1ccccc1. The second kappa shape index (κ2) is 9.29. The molecule has 1 N–H and O–H groups in total. The van der Waals surface area contributed by atoms with Crippen molar-refractivity contribution in [1.29, 1.82) is 0 Å². The van der Waals surface area contributed by atoms with Gasteiger partial charge in [-0.15, -0.1) is 11.8 Å². The predicted molar refractivity (Wildman–Crippen MR) is 120 cm³/mol. The van der Waals surface area contributed by atoms with Crippen molar-refractivity contribution in [3.8, 4) is 0 Å². The molecule has 1 aromatic carbocycles. The van der Waals surface area contributed by atoms with E-state index in [1.165, 1.54) is 23.6 Å². The number of amides is 2. The summed E-state index contributed by atoms with van der Waals surface area (Å²) in [5.74, 6) is -2.42. The predicted octanol–water partition coefficient (Wildman–Crippen LogP) is 2.75. The van der Waals surface area contributed by atoms with E-state index in [9.17, 15) is 19.2 Å². The average Bonchev–Trinajstić information content (AvgIpc) is 2.96. The molecule has 0 aliphatic carbocycles. The van der Waals surface area contributed by atoms with Crippen molar-refractivity contribution in [2.24, 2.45) is 0 Å². The van der Waals surface area contributed by atoms with Crippen LogP contribution < -0.4 is 5.32 Å². The molecular weight excluding hydrogens is 503 g/mol. The van der Waals surface area contributed by atoms with Crippen LogP contribution in [-0.4, -0.2) is 61.3 Å². The number of halogens is 3. The van der Waals surface area contributed by atoms with Gasteiger partial charge in [-0.2, -0.15) is 0 Å². The van der Waals surface area contributed by atoms with Gasteiger partial charge in [0.25, 0.3) is 5.91 Å². The molecule has 4 atom stereocenters. The number of benzene rings is 1. The summed E-state index contributed by atoms with van der Waals surface area (Å²) in [5.41, 5.74) is 0.469. The van der Waals surface area contributed by atoms with E-state index in [4.69, 9.17) is 44.3 Å². The van der Waals surface area contributed by atoms with E-state index in [2.05, 4.69) is 5.32 Å². The topological polar surface area (TPSA) is 102 Å². The smallest absolute Gasteiger partial charge is 0.330 e. The average molecular weight is 524 g/mol. The van der Waals surface area contributed by atoms with Crippen LogP contribution in [0.2, 0.25) is 0 Å². The Kier molecular flexibility index (Phi) is 7.24. The number of hydrogen-bond acceptors (Lipinski definition) is 7. The molecular formula is C20H21Cl3N2O6S. The largest absolute Gasteiger partial charge is 0.460 e. The number of ether oxygens (including phenoxy) is 2. The summed E-state index contributed by atoms with van der Waals surface area (Å²) in [5, 5.41) is 2.15. The summed E-state index contributed by atoms with van der Waals surface area (Å²) < 4.78 is 7.80. The molecule has 0 saturated carbocycles. The van der Waals surface area contributed by atoms with Crippen molar-refractivity contribution in [2.75, 3.05) is 6.61 Å². The number of nitrogens with one attached hydrogen (secondary N) is 1. The van der Waals surface area contributed by atoms with Gasteiger partial charge in [-0.1, -0.05) is 65.1 Å². The first-order chi connectivity index (χ1) is 14.8. The van der Waals surface area contributed by atoms with Crippen molar-refractivity contribution < 1.29 is 28.7 Å². The normalized spacial score (nSPS) is 24.8. The number of carbonyl (C=O) groups is 4. The number of rotatable bonds is 6. The maximum atomic E-state index is 12.9. The highest BCUT2D eigenvalue weighted by Crippen LogP contribution is 2.51. The lowest BCUT2D eigenvalue weighted by Gasteiger charge is -2.44. The van der Waals surface area contributed by atoms with Gasteiger partial charge in [0.1, 0.15) is 24.1 Å². The molecule has 0 radical (unpaired) electrons. The molecule has 2 heterocycles. The number of alkyl halides is 3. The first-order valence-electron chi connectivity index (χ1n) is 9.58. The second-order valence-corrected chi connectivity index (χ2v) is 12.2. The molecule has 3 unspecified atom stereocenters. The van der Waals surface area contributed by atoms with E-state index in [0.29, 0.717) is 5.56 Å². The number of carbonyl (C=O) groups excluding carboxylic acids is 4. The lowest BCUT2D eigenvalue weighted by Crippen LogP contribution is -2.71. The highest BCUT2D eigenvalue weighted by Gasteiger charge is 2.64. The fourth-order valence-electron chi connectivity index (χ4n) is 3.65. The summed E-state index contributed by atoms with van der Waals surface area (Å²) in [6.45, 7) is 4.31. The van der Waals surface area contributed by atoms with Crippen LogP contribution in [0.25, 0.3) is 0 Å². The number of β-lactam (4-membered cyclic amide) rings is 1. The van der Waals surface area contributed by atoms with Crippen molar-refractivity contribution in [3.63, 3.8) is 0 Å². The molecule has 2 aliphatic rings. The van der Waals surface area contributed by atoms with E-state index in [0.717, 1.165) is 0 Å². The number of nitrogens with zero attached hydrogens (tertiary/aromatic N) is 1. The second-order valence-electron chi connectivity index (χ2n) is 7.87. The summed E-state index contributed by atoms with van der Waals surface area (Å²) in [4.78, 5) is 51.3. The lowest BCUT2D eigenvalue weighted by atomic mass is 9.95. The molecule has 0 aromatic heterocycles. The monoisotopic (exact) mass is 522 g/mol. The Morgan fingerprint density at radius 3 is 2.41 bits per heavy atom. The summed E-state index contributed by atoms with van der Waals surface area (Å²) in [6, 6.07) is 6.66. The van der Waals surface area contributed by atoms with E-state index >= 15 is 0 Å². The standard InChI is InChI=1S/C20H21Cl3N2O6S/c1-10(26)31-13(11-7-5-4-6-8-11)15(27)24-12-16(28)25-14(19(2,3)32-17(12)25)18(29)30-9-20(21,22)23/h4-8,12-14,17H,9H2,1-3H3,(H,24,27)/t12?,13?,14?,17-/m1/s1. The van der Waals surface area contributed by atoms with Gasteiger partial charge in [-0.05, 0) is 13.8 Å². The fourth-order valence-corrected chi connectivity index (χ4v) is 5.44. The van der Waals surface area contributed by atoms with Crippen molar-refractivity contribution in [3.05, 3.63) is 35.9 Å². The van der Waals surface area contributed by atoms with Crippen LogP contribution >= 0.6 is 46.6 Å². The van der Waals surface area contributed by atoms with Crippen LogP contribution in [0.15, 0.2) is 30.3 Å². The minimum absolute atomic E-state index is 0.452. The Morgan fingerprint density at radius 1 is 1.22 bits per heavy atom. The number of esters is 2. The molecule has 12 heteroatoms. The van der Waals surface area contributed by atoms with Crippen LogP contribution in [0.4, 0.5) is 0 Å². The third kappa shape index (κ3) is 5.27. The number of fused-ring (bicyclic) bond motifs is 1. The van der Waals surface area contributed by atoms with Crippen molar-refractivity contribution in [1.82, 2.24) is 10.2 Å². The Bertz CT molecular complexity index is 924. The number of hydrogen-bond donors (Lipinski definition) is 1. The summed E-state index contributed by atoms with van der Waals surface area (Å²) in [6.07, 6.45) is -1.21. The first-order valence-corrected chi connectivity index (χ1v) is 11.6. The Hall–Kier alpha value is -1.68. The van der Waals surface area contributed by atoms with Crippen LogP contribution in [0.3, 0.4) is 0 Å². The first kappa shape index (κ1) is 25.0. The van der Waals surface area contributed by atoms with Crippen LogP contribution in [-0.2, 0) is 28.7 Å². The maximum absolute atomic E-state index is 12.9. The molecule has 2 aliphatic heterocycles. The van der Waals surface area contributed by atoms with E-state index in [1.54, 1.807) is 44.2 Å². The fraction of sp³-hybridized carbons (Fsp3) is 0.500. The Balaban J connectivity index is 1.73. The molecule has 2 amide bonds. The molecule has 174 valence electrons. The summed E-state index contributed by atoms with van der Waals surface area (Å²) in [7, 11) is 0. The van der Waals surface area contributed by atoms with Gasteiger partial charge in [0, 0.05) is 17.2 Å². The highest BCUT2D eigenvalue weighted by molar-refractivity contribution is 8.01. The van der Waals surface area contributed by atoms with Crippen LogP contribution in [0.1, 0.15) is 32.4 Å². The van der Waals surface area contributed by atoms with E-state index in [1.807, 2.05) is 0 Å². The zero-order chi connectivity index (χ0) is 23.8. The van der Waals surface area contributed by atoms with Gasteiger partial charge in [-0.3, -0.25) is 14.4 Å². The molecule has 2 fully saturated rings. The van der Waals surface area contributed by atoms with Crippen LogP contribution in [0.5, 0.6) is 0 Å². The highest BCUT2D eigenvalue weighted by atomic mass is 35.6. The van der Waals surface area contributed by atoms with Gasteiger partial charge in [-0.25, -0.2) is 4.79 Å². The van der Waals surface area contributed by atoms with Crippen molar-refractivity contribution >= 4 is 70.3 Å². The molecule has 0 spiro atoms.